The van der Waals surface area contributed by atoms with Crippen molar-refractivity contribution in [3.63, 3.8) is 0 Å². The largest absolute Gasteiger partial charge is 0.502 e. The zero-order chi connectivity index (χ0) is 12.5. The number of carboxylic acid groups (broad SMARTS) is 1. The molecule has 0 fully saturated rings. The quantitative estimate of drug-likeness (QED) is 0.534. The Morgan fingerprint density at radius 2 is 2.12 bits per heavy atom. The smallest absolute Gasteiger partial charge is 0.335 e. The Morgan fingerprint density at radius 1 is 1.41 bits per heavy atom. The fourth-order valence-electron chi connectivity index (χ4n) is 1.36. The lowest BCUT2D eigenvalue weighted by Crippen LogP contribution is -2.16. The normalized spacial score (nSPS) is 9.88. The predicted octanol–water partition coefficient (Wildman–Crippen LogP) is 2.02. The number of carbonyl (C=O) groups is 1. The molecule has 0 aliphatic rings. The third-order valence-electron chi connectivity index (χ3n) is 2.26. The van der Waals surface area contributed by atoms with Gasteiger partial charge in [0.2, 0.25) is 0 Å². The molecule has 0 saturated carbocycles. The Labute approximate surface area is 101 Å². The molecule has 0 bridgehead atoms. The Bertz CT molecular complexity index is 359. The van der Waals surface area contributed by atoms with Gasteiger partial charge in [-0.25, -0.2) is 4.79 Å². The van der Waals surface area contributed by atoms with Crippen molar-refractivity contribution in [1.29, 1.82) is 0 Å². The molecule has 92 valence electrons. The van der Waals surface area contributed by atoms with Crippen molar-refractivity contribution in [2.75, 3.05) is 13.2 Å². The molecule has 17 heavy (non-hydrogen) atoms. The first-order valence-corrected chi connectivity index (χ1v) is 5.49. The summed E-state index contributed by atoms with van der Waals surface area (Å²) in [4.78, 5) is 10.6. The lowest BCUT2D eigenvalue weighted by molar-refractivity contribution is 0.0697. The highest BCUT2D eigenvalue weighted by atomic mass is 16.5. The summed E-state index contributed by atoms with van der Waals surface area (Å²) in [6, 6.07) is 6.85. The van der Waals surface area contributed by atoms with Crippen LogP contribution in [0, 0.1) is 0 Å². The standard InChI is InChI=1S/C13H17NO3/c1-2-17-9-3-8-14-10-11-4-6-12(7-5-11)13(15)16/h2,4-7,14H,1,3,8-10H2,(H,15,16). The first-order valence-electron chi connectivity index (χ1n) is 5.49. The van der Waals surface area contributed by atoms with E-state index in [1.165, 1.54) is 6.26 Å². The molecule has 0 amide bonds. The maximum Gasteiger partial charge on any atom is 0.335 e. The van der Waals surface area contributed by atoms with Crippen LogP contribution in [0.2, 0.25) is 0 Å². The van der Waals surface area contributed by atoms with Crippen molar-refractivity contribution in [2.24, 2.45) is 0 Å². The number of carboxylic acids is 1. The molecule has 1 rings (SSSR count). The van der Waals surface area contributed by atoms with Gasteiger partial charge in [-0.2, -0.15) is 0 Å². The molecule has 0 unspecified atom stereocenters. The van der Waals surface area contributed by atoms with E-state index in [9.17, 15) is 4.79 Å². The maximum absolute atomic E-state index is 10.6. The van der Waals surface area contributed by atoms with E-state index in [1.54, 1.807) is 12.1 Å². The molecule has 2 N–H and O–H groups in total. The summed E-state index contributed by atoms with van der Waals surface area (Å²) in [5.41, 5.74) is 1.38. The molecule has 0 aliphatic carbocycles. The van der Waals surface area contributed by atoms with E-state index < -0.39 is 5.97 Å². The average molecular weight is 235 g/mol. The molecule has 1 aromatic rings. The van der Waals surface area contributed by atoms with Gasteiger partial charge in [0.1, 0.15) is 0 Å². The SMILES string of the molecule is C=COCCCNCc1ccc(C(=O)O)cc1. The molecule has 0 atom stereocenters. The summed E-state index contributed by atoms with van der Waals surface area (Å²) in [6.07, 6.45) is 2.35. The van der Waals surface area contributed by atoms with Crippen LogP contribution in [0.4, 0.5) is 0 Å². The van der Waals surface area contributed by atoms with Crippen molar-refractivity contribution >= 4 is 5.97 Å². The molecular formula is C13H17NO3. The summed E-state index contributed by atoms with van der Waals surface area (Å²) in [7, 11) is 0. The van der Waals surface area contributed by atoms with E-state index in [-0.39, 0.29) is 0 Å². The number of hydrogen-bond donors (Lipinski definition) is 2. The third kappa shape index (κ3) is 5.17. The molecule has 1 aromatic carbocycles. The Hall–Kier alpha value is -1.81. The second-order valence-electron chi connectivity index (χ2n) is 3.57. The van der Waals surface area contributed by atoms with Gasteiger partial charge in [-0.1, -0.05) is 18.7 Å². The average Bonchev–Trinajstić information content (AvgIpc) is 2.34. The Morgan fingerprint density at radius 3 is 2.71 bits per heavy atom. The van der Waals surface area contributed by atoms with Crippen LogP contribution in [0.3, 0.4) is 0 Å². The predicted molar refractivity (Wildman–Crippen MR) is 65.9 cm³/mol. The first-order chi connectivity index (χ1) is 8.24. The van der Waals surface area contributed by atoms with Crippen LogP contribution < -0.4 is 5.32 Å². The van der Waals surface area contributed by atoms with Gasteiger partial charge in [-0.15, -0.1) is 0 Å². The van der Waals surface area contributed by atoms with Crippen LogP contribution in [0.15, 0.2) is 37.1 Å². The van der Waals surface area contributed by atoms with E-state index in [1.807, 2.05) is 12.1 Å². The Kier molecular flexibility index (Phi) is 5.82. The number of hydrogen-bond acceptors (Lipinski definition) is 3. The Balaban J connectivity index is 2.23. The van der Waals surface area contributed by atoms with E-state index in [4.69, 9.17) is 9.84 Å². The van der Waals surface area contributed by atoms with Crippen LogP contribution in [0.5, 0.6) is 0 Å². The molecule has 0 aliphatic heterocycles. The summed E-state index contributed by atoms with van der Waals surface area (Å²) < 4.78 is 4.99. The van der Waals surface area contributed by atoms with E-state index in [0.29, 0.717) is 12.2 Å². The topological polar surface area (TPSA) is 58.6 Å². The molecule has 4 heteroatoms. The number of ether oxygens (including phenoxy) is 1. The molecule has 0 spiro atoms. The highest BCUT2D eigenvalue weighted by Crippen LogP contribution is 2.04. The molecule has 0 saturated heterocycles. The minimum Gasteiger partial charge on any atom is -0.502 e. The molecule has 0 heterocycles. The number of benzene rings is 1. The zero-order valence-electron chi connectivity index (χ0n) is 9.69. The summed E-state index contributed by atoms with van der Waals surface area (Å²) in [6.45, 7) is 5.70. The maximum atomic E-state index is 10.6. The highest BCUT2D eigenvalue weighted by molar-refractivity contribution is 5.87. The second kappa shape index (κ2) is 7.46. The van der Waals surface area contributed by atoms with Crippen molar-refractivity contribution in [2.45, 2.75) is 13.0 Å². The lowest BCUT2D eigenvalue weighted by atomic mass is 10.1. The van der Waals surface area contributed by atoms with Gasteiger partial charge in [0.15, 0.2) is 0 Å². The summed E-state index contributed by atoms with van der Waals surface area (Å²) >= 11 is 0. The van der Waals surface area contributed by atoms with Gasteiger partial charge in [-0.05, 0) is 30.7 Å². The number of rotatable bonds is 8. The van der Waals surface area contributed by atoms with Crippen molar-refractivity contribution < 1.29 is 14.6 Å². The zero-order valence-corrected chi connectivity index (χ0v) is 9.69. The van der Waals surface area contributed by atoms with E-state index >= 15 is 0 Å². The van der Waals surface area contributed by atoms with E-state index in [0.717, 1.165) is 25.1 Å². The molecule has 0 aromatic heterocycles. The highest BCUT2D eigenvalue weighted by Gasteiger charge is 2.00. The fraction of sp³-hybridized carbons (Fsp3) is 0.308. The summed E-state index contributed by atoms with van der Waals surface area (Å²) in [5, 5.41) is 12.0. The van der Waals surface area contributed by atoms with Crippen LogP contribution in [-0.2, 0) is 11.3 Å². The lowest BCUT2D eigenvalue weighted by Gasteiger charge is -2.05. The van der Waals surface area contributed by atoms with E-state index in [2.05, 4.69) is 11.9 Å². The van der Waals surface area contributed by atoms with Gasteiger partial charge >= 0.3 is 5.97 Å². The number of aromatic carboxylic acids is 1. The monoisotopic (exact) mass is 235 g/mol. The van der Waals surface area contributed by atoms with Crippen molar-refractivity contribution in [3.8, 4) is 0 Å². The van der Waals surface area contributed by atoms with Crippen LogP contribution in [0.1, 0.15) is 22.3 Å². The third-order valence-corrected chi connectivity index (χ3v) is 2.26. The van der Waals surface area contributed by atoms with Gasteiger partial charge in [0.05, 0.1) is 18.4 Å². The van der Waals surface area contributed by atoms with Crippen LogP contribution >= 0.6 is 0 Å². The van der Waals surface area contributed by atoms with Crippen molar-refractivity contribution in [1.82, 2.24) is 5.32 Å². The van der Waals surface area contributed by atoms with Crippen molar-refractivity contribution in [3.05, 3.63) is 48.2 Å². The van der Waals surface area contributed by atoms with Gasteiger partial charge in [-0.3, -0.25) is 0 Å². The first kappa shape index (κ1) is 13.3. The second-order valence-corrected chi connectivity index (χ2v) is 3.57. The van der Waals surface area contributed by atoms with Crippen LogP contribution in [0.25, 0.3) is 0 Å². The van der Waals surface area contributed by atoms with Crippen LogP contribution in [-0.4, -0.2) is 24.2 Å². The molecular weight excluding hydrogens is 218 g/mol. The number of nitrogens with one attached hydrogen (secondary N) is 1. The molecule has 0 radical (unpaired) electrons. The summed E-state index contributed by atoms with van der Waals surface area (Å²) in [5.74, 6) is -0.897. The van der Waals surface area contributed by atoms with Gasteiger partial charge in [0, 0.05) is 6.54 Å². The molecule has 4 nitrogen and oxygen atoms in total. The van der Waals surface area contributed by atoms with Gasteiger partial charge in [0.25, 0.3) is 0 Å². The minimum atomic E-state index is -0.897. The van der Waals surface area contributed by atoms with Gasteiger partial charge < -0.3 is 15.2 Å². The fourth-order valence-corrected chi connectivity index (χ4v) is 1.36. The minimum absolute atomic E-state index is 0.313.